The number of piperidine rings is 1. The Hall–Kier alpha value is -1.45. The van der Waals surface area contributed by atoms with Gasteiger partial charge in [0.05, 0.1) is 0 Å². The molecule has 17 heavy (non-hydrogen) atoms. The van der Waals surface area contributed by atoms with Crippen molar-refractivity contribution in [3.05, 3.63) is 18.0 Å². The monoisotopic (exact) mass is 231 g/mol. The predicted molar refractivity (Wildman–Crippen MR) is 65.1 cm³/mol. The number of aromatic nitrogens is 2. The van der Waals surface area contributed by atoms with Gasteiger partial charge >= 0.3 is 0 Å². The zero-order valence-corrected chi connectivity index (χ0v) is 9.93. The first-order valence-electron chi connectivity index (χ1n) is 6.41. The minimum Gasteiger partial charge on any atom is -0.340 e. The van der Waals surface area contributed by atoms with Crippen LogP contribution in [0.4, 0.5) is 5.95 Å². The standard InChI is InChI=1S/C13H17N3O/c17-12-4-6-16(7-5-12)13-14-8-11(9-15-13)10-2-1-3-10/h8-10H,1-7H2. The number of ketones is 1. The van der Waals surface area contributed by atoms with Crippen LogP contribution in [0.1, 0.15) is 43.6 Å². The topological polar surface area (TPSA) is 46.1 Å². The molecule has 2 heterocycles. The van der Waals surface area contributed by atoms with Crippen LogP contribution in [0.3, 0.4) is 0 Å². The van der Waals surface area contributed by atoms with E-state index in [0.29, 0.717) is 24.5 Å². The molecular formula is C13H17N3O. The molecule has 1 aromatic heterocycles. The lowest BCUT2D eigenvalue weighted by Crippen LogP contribution is -2.34. The Morgan fingerprint density at radius 3 is 2.29 bits per heavy atom. The predicted octanol–water partition coefficient (Wildman–Crippen LogP) is 1.91. The van der Waals surface area contributed by atoms with Crippen molar-refractivity contribution in [3.8, 4) is 0 Å². The molecule has 0 bridgehead atoms. The minimum absolute atomic E-state index is 0.354. The number of anilines is 1. The summed E-state index contributed by atoms with van der Waals surface area (Å²) in [6, 6.07) is 0. The lowest BCUT2D eigenvalue weighted by molar-refractivity contribution is -0.119. The summed E-state index contributed by atoms with van der Waals surface area (Å²) in [7, 11) is 0. The van der Waals surface area contributed by atoms with Gasteiger partial charge in [0.1, 0.15) is 5.78 Å². The molecule has 0 atom stereocenters. The first kappa shape index (κ1) is 10.7. The van der Waals surface area contributed by atoms with Crippen molar-refractivity contribution < 1.29 is 4.79 Å². The largest absolute Gasteiger partial charge is 0.340 e. The maximum atomic E-state index is 11.2. The van der Waals surface area contributed by atoms with E-state index in [-0.39, 0.29) is 0 Å². The smallest absolute Gasteiger partial charge is 0.225 e. The molecule has 1 aliphatic carbocycles. The Bertz CT molecular complexity index is 401. The quantitative estimate of drug-likeness (QED) is 0.780. The van der Waals surface area contributed by atoms with Crippen LogP contribution in [-0.2, 0) is 4.79 Å². The minimum atomic E-state index is 0.354. The first-order valence-corrected chi connectivity index (χ1v) is 6.41. The lowest BCUT2D eigenvalue weighted by Gasteiger charge is -2.28. The second-order valence-electron chi connectivity index (χ2n) is 4.97. The number of carbonyl (C=O) groups excluding carboxylic acids is 1. The molecule has 0 amide bonds. The first-order chi connectivity index (χ1) is 8.33. The Morgan fingerprint density at radius 1 is 1.12 bits per heavy atom. The van der Waals surface area contributed by atoms with E-state index in [4.69, 9.17) is 0 Å². The number of hydrogen-bond donors (Lipinski definition) is 0. The van der Waals surface area contributed by atoms with Crippen molar-refractivity contribution in [1.82, 2.24) is 9.97 Å². The van der Waals surface area contributed by atoms with E-state index in [9.17, 15) is 4.79 Å². The molecule has 0 aromatic carbocycles. The third-order valence-electron chi connectivity index (χ3n) is 3.84. The molecule has 3 rings (SSSR count). The van der Waals surface area contributed by atoms with E-state index in [2.05, 4.69) is 14.9 Å². The number of carbonyl (C=O) groups is 1. The average molecular weight is 231 g/mol. The normalized spacial score (nSPS) is 21.4. The average Bonchev–Trinajstić information content (AvgIpc) is 2.29. The van der Waals surface area contributed by atoms with Crippen LogP contribution < -0.4 is 4.90 Å². The van der Waals surface area contributed by atoms with Gasteiger partial charge in [0.25, 0.3) is 0 Å². The third-order valence-corrected chi connectivity index (χ3v) is 3.84. The van der Waals surface area contributed by atoms with E-state index < -0.39 is 0 Å². The molecule has 90 valence electrons. The van der Waals surface area contributed by atoms with E-state index in [1.54, 1.807) is 0 Å². The molecule has 0 radical (unpaired) electrons. The maximum Gasteiger partial charge on any atom is 0.225 e. The summed E-state index contributed by atoms with van der Waals surface area (Å²) in [6.07, 6.45) is 9.08. The number of nitrogens with zero attached hydrogens (tertiary/aromatic N) is 3. The van der Waals surface area contributed by atoms with E-state index in [1.165, 1.54) is 24.8 Å². The van der Waals surface area contributed by atoms with Gasteiger partial charge in [-0.3, -0.25) is 4.79 Å². The van der Waals surface area contributed by atoms with Crippen molar-refractivity contribution in [2.75, 3.05) is 18.0 Å². The van der Waals surface area contributed by atoms with Crippen LogP contribution in [0, 0.1) is 0 Å². The van der Waals surface area contributed by atoms with Gasteiger partial charge in [-0.05, 0) is 24.3 Å². The van der Waals surface area contributed by atoms with E-state index in [1.807, 2.05) is 12.4 Å². The van der Waals surface area contributed by atoms with E-state index >= 15 is 0 Å². The summed E-state index contributed by atoms with van der Waals surface area (Å²) < 4.78 is 0. The fraction of sp³-hybridized carbons (Fsp3) is 0.615. The van der Waals surface area contributed by atoms with Crippen molar-refractivity contribution in [1.29, 1.82) is 0 Å². The van der Waals surface area contributed by atoms with Gasteiger partial charge in [-0.25, -0.2) is 9.97 Å². The van der Waals surface area contributed by atoms with Crippen molar-refractivity contribution in [2.45, 2.75) is 38.0 Å². The molecular weight excluding hydrogens is 214 g/mol. The molecule has 4 nitrogen and oxygen atoms in total. The highest BCUT2D eigenvalue weighted by Gasteiger charge is 2.22. The molecule has 1 saturated heterocycles. The van der Waals surface area contributed by atoms with Crippen LogP contribution in [0.15, 0.2) is 12.4 Å². The van der Waals surface area contributed by atoms with Gasteiger partial charge < -0.3 is 4.90 Å². The van der Waals surface area contributed by atoms with Gasteiger partial charge in [-0.15, -0.1) is 0 Å². The van der Waals surface area contributed by atoms with E-state index in [0.717, 1.165) is 19.0 Å². The second kappa shape index (κ2) is 4.43. The molecule has 1 aromatic rings. The summed E-state index contributed by atoms with van der Waals surface area (Å²) in [5.74, 6) is 1.82. The Kier molecular flexibility index (Phi) is 2.79. The SMILES string of the molecule is O=C1CCN(c2ncc(C3CCC3)cn2)CC1. The van der Waals surface area contributed by atoms with Crippen LogP contribution in [0.2, 0.25) is 0 Å². The van der Waals surface area contributed by atoms with Gasteiger partial charge in [-0.1, -0.05) is 6.42 Å². The summed E-state index contributed by atoms with van der Waals surface area (Å²) in [6.45, 7) is 1.53. The highest BCUT2D eigenvalue weighted by molar-refractivity contribution is 5.80. The Balaban J connectivity index is 1.69. The number of Topliss-reactive ketones (excluding diaryl/α,β-unsaturated/α-hetero) is 1. The summed E-state index contributed by atoms with van der Waals surface area (Å²) in [4.78, 5) is 22.1. The zero-order valence-electron chi connectivity index (χ0n) is 9.93. The highest BCUT2D eigenvalue weighted by atomic mass is 16.1. The third kappa shape index (κ3) is 2.16. The molecule has 2 fully saturated rings. The summed E-state index contributed by atoms with van der Waals surface area (Å²) in [5, 5.41) is 0. The number of rotatable bonds is 2. The fourth-order valence-electron chi connectivity index (χ4n) is 2.40. The van der Waals surface area contributed by atoms with Crippen LogP contribution in [0.5, 0.6) is 0 Å². The van der Waals surface area contributed by atoms with Crippen LogP contribution >= 0.6 is 0 Å². The fourth-order valence-corrected chi connectivity index (χ4v) is 2.40. The Labute approximate surface area is 101 Å². The van der Waals surface area contributed by atoms with Crippen molar-refractivity contribution in [2.24, 2.45) is 0 Å². The maximum absolute atomic E-state index is 11.2. The van der Waals surface area contributed by atoms with Gasteiger partial charge in [0.15, 0.2) is 0 Å². The molecule has 4 heteroatoms. The molecule has 0 unspecified atom stereocenters. The molecule has 0 spiro atoms. The van der Waals surface area contributed by atoms with Gasteiger partial charge in [-0.2, -0.15) is 0 Å². The summed E-state index contributed by atoms with van der Waals surface area (Å²) >= 11 is 0. The number of hydrogen-bond acceptors (Lipinski definition) is 4. The molecule has 2 aliphatic rings. The van der Waals surface area contributed by atoms with Crippen LogP contribution in [-0.4, -0.2) is 28.8 Å². The highest BCUT2D eigenvalue weighted by Crippen LogP contribution is 2.35. The van der Waals surface area contributed by atoms with Crippen LogP contribution in [0.25, 0.3) is 0 Å². The van der Waals surface area contributed by atoms with Gasteiger partial charge in [0, 0.05) is 38.3 Å². The van der Waals surface area contributed by atoms with Crippen molar-refractivity contribution in [3.63, 3.8) is 0 Å². The molecule has 0 N–H and O–H groups in total. The van der Waals surface area contributed by atoms with Gasteiger partial charge in [0.2, 0.25) is 5.95 Å². The lowest BCUT2D eigenvalue weighted by atomic mass is 9.81. The molecule has 1 saturated carbocycles. The second-order valence-corrected chi connectivity index (χ2v) is 4.97. The summed E-state index contributed by atoms with van der Waals surface area (Å²) in [5.41, 5.74) is 1.27. The molecule has 1 aliphatic heterocycles. The Morgan fingerprint density at radius 2 is 1.76 bits per heavy atom. The van der Waals surface area contributed by atoms with Crippen molar-refractivity contribution >= 4 is 11.7 Å². The zero-order chi connectivity index (χ0) is 11.7.